The van der Waals surface area contributed by atoms with Crippen LogP contribution in [0.15, 0.2) is 23.3 Å². The maximum atomic E-state index is 8.79. The Kier molecular flexibility index (Phi) is 9.31. The van der Waals surface area contributed by atoms with E-state index in [0.29, 0.717) is 12.5 Å². The fraction of sp³-hybridized carbons (Fsp3) is 0.733. The fourth-order valence-corrected chi connectivity index (χ4v) is 1.67. The standard InChI is InChI=1S/C15H28O/c1-13(2)7-5-8-14(3)9-6-10-15(4)11-12-16/h7,9,15-16H,5-6,8,10-12H2,1-4H3/b14-9+/t15-/m0/s1. The van der Waals surface area contributed by atoms with Crippen molar-refractivity contribution in [2.24, 2.45) is 5.92 Å². The van der Waals surface area contributed by atoms with E-state index in [-0.39, 0.29) is 0 Å². The Bertz CT molecular complexity index is 222. The first-order chi connectivity index (χ1) is 7.56. The average Bonchev–Trinajstić information content (AvgIpc) is 2.17. The van der Waals surface area contributed by atoms with Gasteiger partial charge < -0.3 is 5.11 Å². The molecular weight excluding hydrogens is 196 g/mol. The van der Waals surface area contributed by atoms with E-state index >= 15 is 0 Å². The highest BCUT2D eigenvalue weighted by Crippen LogP contribution is 2.13. The molecule has 1 atom stereocenters. The lowest BCUT2D eigenvalue weighted by atomic mass is 10.0. The zero-order valence-corrected chi connectivity index (χ0v) is 11.4. The van der Waals surface area contributed by atoms with Crippen LogP contribution in [0.25, 0.3) is 0 Å². The van der Waals surface area contributed by atoms with Crippen LogP contribution in [0.2, 0.25) is 0 Å². The molecule has 1 N–H and O–H groups in total. The van der Waals surface area contributed by atoms with E-state index < -0.39 is 0 Å². The van der Waals surface area contributed by atoms with E-state index in [4.69, 9.17) is 5.11 Å². The van der Waals surface area contributed by atoms with Crippen molar-refractivity contribution in [3.8, 4) is 0 Å². The molecule has 0 rings (SSSR count). The van der Waals surface area contributed by atoms with E-state index in [1.807, 2.05) is 0 Å². The van der Waals surface area contributed by atoms with Gasteiger partial charge in [0.2, 0.25) is 0 Å². The summed E-state index contributed by atoms with van der Waals surface area (Å²) in [5.41, 5.74) is 2.90. The number of aliphatic hydroxyl groups is 1. The summed E-state index contributed by atoms with van der Waals surface area (Å²) in [5, 5.41) is 8.79. The average molecular weight is 224 g/mol. The van der Waals surface area contributed by atoms with Gasteiger partial charge in [0, 0.05) is 6.61 Å². The first kappa shape index (κ1) is 15.4. The van der Waals surface area contributed by atoms with Crippen LogP contribution in [0.1, 0.15) is 59.8 Å². The highest BCUT2D eigenvalue weighted by molar-refractivity contribution is 5.02. The minimum atomic E-state index is 0.324. The zero-order valence-electron chi connectivity index (χ0n) is 11.4. The Morgan fingerprint density at radius 3 is 2.31 bits per heavy atom. The molecule has 0 unspecified atom stereocenters. The third-order valence-corrected chi connectivity index (χ3v) is 2.87. The minimum absolute atomic E-state index is 0.324. The number of allylic oxidation sites excluding steroid dienone is 4. The van der Waals surface area contributed by atoms with Gasteiger partial charge in [-0.15, -0.1) is 0 Å². The normalized spacial score (nSPS) is 13.7. The van der Waals surface area contributed by atoms with Crippen LogP contribution in [0.4, 0.5) is 0 Å². The largest absolute Gasteiger partial charge is 0.396 e. The summed E-state index contributed by atoms with van der Waals surface area (Å²) in [5.74, 6) is 0.645. The second-order valence-electron chi connectivity index (χ2n) is 5.07. The molecule has 0 aromatic heterocycles. The van der Waals surface area contributed by atoms with Gasteiger partial charge in [0.05, 0.1) is 0 Å². The van der Waals surface area contributed by atoms with Gasteiger partial charge in [-0.25, -0.2) is 0 Å². The summed E-state index contributed by atoms with van der Waals surface area (Å²) in [6.45, 7) is 9.05. The van der Waals surface area contributed by atoms with E-state index in [0.717, 1.165) is 19.3 Å². The molecule has 0 aromatic rings. The van der Waals surface area contributed by atoms with Crippen molar-refractivity contribution in [3.63, 3.8) is 0 Å². The molecule has 16 heavy (non-hydrogen) atoms. The van der Waals surface area contributed by atoms with Gasteiger partial charge in [-0.05, 0) is 58.8 Å². The summed E-state index contributed by atoms with van der Waals surface area (Å²) >= 11 is 0. The third-order valence-electron chi connectivity index (χ3n) is 2.87. The van der Waals surface area contributed by atoms with Gasteiger partial charge in [-0.1, -0.05) is 30.2 Å². The summed E-state index contributed by atoms with van der Waals surface area (Å²) < 4.78 is 0. The molecule has 0 aliphatic heterocycles. The lowest BCUT2D eigenvalue weighted by Crippen LogP contribution is -1.97. The molecule has 0 spiro atoms. The Balaban J connectivity index is 3.66. The molecular formula is C15H28O. The summed E-state index contributed by atoms with van der Waals surface area (Å²) in [6.07, 6.45) is 10.3. The van der Waals surface area contributed by atoms with Crippen molar-refractivity contribution in [2.75, 3.05) is 6.61 Å². The Morgan fingerprint density at radius 2 is 1.75 bits per heavy atom. The maximum absolute atomic E-state index is 8.79. The van der Waals surface area contributed by atoms with Gasteiger partial charge in [0.15, 0.2) is 0 Å². The quantitative estimate of drug-likeness (QED) is 0.603. The van der Waals surface area contributed by atoms with E-state index in [1.54, 1.807) is 0 Å². The number of hydrogen-bond donors (Lipinski definition) is 1. The number of hydrogen-bond acceptors (Lipinski definition) is 1. The van der Waals surface area contributed by atoms with Crippen molar-refractivity contribution >= 4 is 0 Å². The van der Waals surface area contributed by atoms with E-state index in [1.165, 1.54) is 24.0 Å². The molecule has 0 saturated carbocycles. The SMILES string of the molecule is CC(C)=CCC/C(C)=C/CC[C@H](C)CCO. The van der Waals surface area contributed by atoms with Crippen LogP contribution in [-0.2, 0) is 0 Å². The predicted molar refractivity (Wildman–Crippen MR) is 72.5 cm³/mol. The Morgan fingerprint density at radius 1 is 1.06 bits per heavy atom. The van der Waals surface area contributed by atoms with Gasteiger partial charge in [-0.2, -0.15) is 0 Å². The summed E-state index contributed by atoms with van der Waals surface area (Å²) in [6, 6.07) is 0. The first-order valence-electron chi connectivity index (χ1n) is 6.46. The smallest absolute Gasteiger partial charge is 0.0433 e. The minimum Gasteiger partial charge on any atom is -0.396 e. The molecule has 0 bridgehead atoms. The van der Waals surface area contributed by atoms with Crippen molar-refractivity contribution in [1.82, 2.24) is 0 Å². The molecule has 0 heterocycles. The molecule has 0 fully saturated rings. The molecule has 0 radical (unpaired) electrons. The fourth-order valence-electron chi connectivity index (χ4n) is 1.67. The molecule has 94 valence electrons. The van der Waals surface area contributed by atoms with Gasteiger partial charge in [0.1, 0.15) is 0 Å². The molecule has 1 heteroatoms. The molecule has 0 aliphatic carbocycles. The molecule has 0 amide bonds. The predicted octanol–water partition coefficient (Wildman–Crippen LogP) is 4.48. The number of rotatable bonds is 8. The molecule has 1 nitrogen and oxygen atoms in total. The van der Waals surface area contributed by atoms with Crippen molar-refractivity contribution in [1.29, 1.82) is 0 Å². The summed E-state index contributed by atoms with van der Waals surface area (Å²) in [4.78, 5) is 0. The molecule has 0 aliphatic rings. The lowest BCUT2D eigenvalue weighted by Gasteiger charge is -2.07. The Hall–Kier alpha value is -0.560. The summed E-state index contributed by atoms with van der Waals surface area (Å²) in [7, 11) is 0. The van der Waals surface area contributed by atoms with Crippen molar-refractivity contribution in [3.05, 3.63) is 23.3 Å². The molecule has 0 aromatic carbocycles. The van der Waals surface area contributed by atoms with Crippen LogP contribution in [0.5, 0.6) is 0 Å². The molecule has 0 saturated heterocycles. The number of aliphatic hydroxyl groups excluding tert-OH is 1. The van der Waals surface area contributed by atoms with Crippen LogP contribution < -0.4 is 0 Å². The highest BCUT2D eigenvalue weighted by atomic mass is 16.3. The Labute approximate surface area is 101 Å². The van der Waals surface area contributed by atoms with E-state index in [2.05, 4.69) is 39.8 Å². The third kappa shape index (κ3) is 9.97. The van der Waals surface area contributed by atoms with Crippen LogP contribution in [0, 0.1) is 5.92 Å². The van der Waals surface area contributed by atoms with E-state index in [9.17, 15) is 0 Å². The van der Waals surface area contributed by atoms with Crippen LogP contribution in [-0.4, -0.2) is 11.7 Å². The lowest BCUT2D eigenvalue weighted by molar-refractivity contribution is 0.259. The first-order valence-corrected chi connectivity index (χ1v) is 6.46. The van der Waals surface area contributed by atoms with Gasteiger partial charge >= 0.3 is 0 Å². The topological polar surface area (TPSA) is 20.2 Å². The highest BCUT2D eigenvalue weighted by Gasteiger charge is 1.99. The second-order valence-corrected chi connectivity index (χ2v) is 5.07. The van der Waals surface area contributed by atoms with Crippen LogP contribution >= 0.6 is 0 Å². The van der Waals surface area contributed by atoms with Crippen molar-refractivity contribution in [2.45, 2.75) is 59.8 Å². The van der Waals surface area contributed by atoms with Gasteiger partial charge in [-0.3, -0.25) is 0 Å². The zero-order chi connectivity index (χ0) is 12.4. The van der Waals surface area contributed by atoms with Crippen LogP contribution in [0.3, 0.4) is 0 Å². The van der Waals surface area contributed by atoms with Crippen molar-refractivity contribution < 1.29 is 5.11 Å². The maximum Gasteiger partial charge on any atom is 0.0433 e. The monoisotopic (exact) mass is 224 g/mol. The second kappa shape index (κ2) is 9.65. The van der Waals surface area contributed by atoms with Gasteiger partial charge in [0.25, 0.3) is 0 Å².